The van der Waals surface area contributed by atoms with E-state index in [1.54, 1.807) is 18.4 Å². The van der Waals surface area contributed by atoms with Crippen molar-refractivity contribution < 1.29 is 13.2 Å². The van der Waals surface area contributed by atoms with Crippen LogP contribution < -0.4 is 15.5 Å². The molecule has 0 spiro atoms. The van der Waals surface area contributed by atoms with E-state index in [2.05, 4.69) is 38.0 Å². The highest BCUT2D eigenvalue weighted by Gasteiger charge is 2.42. The van der Waals surface area contributed by atoms with Crippen LogP contribution in [0, 0.1) is 0 Å². The average molecular weight is 415 g/mol. The Hall–Kier alpha value is -1.32. The van der Waals surface area contributed by atoms with Gasteiger partial charge in [0.2, 0.25) is 0 Å². The molecule has 0 atom stereocenters. The molecule has 0 unspecified atom stereocenters. The van der Waals surface area contributed by atoms with Gasteiger partial charge in [0.1, 0.15) is 0 Å². The molecular formula is C18H30N4O3S2. The SMILES string of the molecule is CN=C(NCC1(S(C)(=O)=O)CCOCC1)NC1CCN(c2cccs2)CC1. The molecule has 0 aliphatic carbocycles. The van der Waals surface area contributed by atoms with E-state index in [0.717, 1.165) is 25.9 Å². The second-order valence-corrected chi connectivity index (χ2v) is 10.7. The second-order valence-electron chi connectivity index (χ2n) is 7.35. The van der Waals surface area contributed by atoms with Crippen LogP contribution in [0.3, 0.4) is 0 Å². The molecule has 0 bridgehead atoms. The Labute approximate surface area is 166 Å². The highest BCUT2D eigenvalue weighted by molar-refractivity contribution is 7.92. The summed E-state index contributed by atoms with van der Waals surface area (Å²) in [4.78, 5) is 6.72. The van der Waals surface area contributed by atoms with Crippen LogP contribution in [0.25, 0.3) is 0 Å². The van der Waals surface area contributed by atoms with Crippen LogP contribution >= 0.6 is 11.3 Å². The number of sulfone groups is 1. The third-order valence-corrected chi connectivity index (χ3v) is 8.70. The lowest BCUT2D eigenvalue weighted by Gasteiger charge is -2.37. The van der Waals surface area contributed by atoms with E-state index in [9.17, 15) is 8.42 Å². The Balaban J connectivity index is 1.52. The lowest BCUT2D eigenvalue weighted by atomic mass is 9.99. The van der Waals surface area contributed by atoms with Crippen molar-refractivity contribution in [3.63, 3.8) is 0 Å². The predicted molar refractivity (Wildman–Crippen MR) is 112 cm³/mol. The number of nitrogens with one attached hydrogen (secondary N) is 2. The van der Waals surface area contributed by atoms with E-state index < -0.39 is 14.6 Å². The monoisotopic (exact) mass is 414 g/mol. The van der Waals surface area contributed by atoms with Crippen LogP contribution in [0.5, 0.6) is 0 Å². The van der Waals surface area contributed by atoms with Crippen LogP contribution in [0.4, 0.5) is 5.00 Å². The summed E-state index contributed by atoms with van der Waals surface area (Å²) in [6, 6.07) is 4.60. The summed E-state index contributed by atoms with van der Waals surface area (Å²) in [6.45, 7) is 3.37. The van der Waals surface area contributed by atoms with Crippen molar-refractivity contribution in [3.8, 4) is 0 Å². The average Bonchev–Trinajstić information content (AvgIpc) is 3.20. The van der Waals surface area contributed by atoms with E-state index in [-0.39, 0.29) is 0 Å². The van der Waals surface area contributed by atoms with Gasteiger partial charge in [-0.2, -0.15) is 0 Å². The summed E-state index contributed by atoms with van der Waals surface area (Å²) in [5, 5.41) is 10.2. The van der Waals surface area contributed by atoms with Gasteiger partial charge < -0.3 is 20.3 Å². The Morgan fingerprint density at radius 1 is 1.37 bits per heavy atom. The highest BCUT2D eigenvalue weighted by atomic mass is 32.2. The number of ether oxygens (including phenoxy) is 1. The number of anilines is 1. The van der Waals surface area contributed by atoms with Gasteiger partial charge in [0.15, 0.2) is 15.8 Å². The lowest BCUT2D eigenvalue weighted by Crippen LogP contribution is -2.55. The molecule has 2 aliphatic rings. The number of rotatable bonds is 5. The zero-order chi connectivity index (χ0) is 19.3. The molecular weight excluding hydrogens is 384 g/mol. The molecule has 2 N–H and O–H groups in total. The van der Waals surface area contributed by atoms with Gasteiger partial charge in [-0.1, -0.05) is 0 Å². The molecule has 2 fully saturated rings. The van der Waals surface area contributed by atoms with Crippen molar-refractivity contribution in [2.45, 2.75) is 36.5 Å². The van der Waals surface area contributed by atoms with Crippen LogP contribution in [-0.4, -0.2) is 71.3 Å². The van der Waals surface area contributed by atoms with Gasteiger partial charge in [-0.15, -0.1) is 11.3 Å². The van der Waals surface area contributed by atoms with Crippen LogP contribution in [-0.2, 0) is 14.6 Å². The standard InChI is InChI=1S/C18H30N4O3S2/c1-19-17(20-14-18(27(2,23)24)7-11-25-12-8-18)21-15-5-9-22(10-6-15)16-4-3-13-26-16/h3-4,13,15H,5-12,14H2,1-2H3,(H2,19,20,21). The molecule has 7 nitrogen and oxygen atoms in total. The van der Waals surface area contributed by atoms with Gasteiger partial charge in [0, 0.05) is 52.2 Å². The number of piperidine rings is 1. The fourth-order valence-corrected chi connectivity index (χ4v) is 5.78. The van der Waals surface area contributed by atoms with Crippen molar-refractivity contribution in [3.05, 3.63) is 17.5 Å². The quantitative estimate of drug-likeness (QED) is 0.561. The summed E-state index contributed by atoms with van der Waals surface area (Å²) in [5.74, 6) is 0.680. The maximum atomic E-state index is 12.4. The Morgan fingerprint density at radius 3 is 2.63 bits per heavy atom. The minimum Gasteiger partial charge on any atom is -0.381 e. The molecule has 3 rings (SSSR count). The summed E-state index contributed by atoms with van der Waals surface area (Å²) in [7, 11) is -1.46. The number of thiophene rings is 1. The largest absolute Gasteiger partial charge is 0.381 e. The van der Waals surface area contributed by atoms with Crippen molar-refractivity contribution in [2.75, 3.05) is 51.1 Å². The van der Waals surface area contributed by atoms with Gasteiger partial charge in [-0.05, 0) is 43.2 Å². The first-order valence-electron chi connectivity index (χ1n) is 9.46. The third kappa shape index (κ3) is 4.94. The number of hydrogen-bond donors (Lipinski definition) is 2. The normalized spacial score (nSPS) is 21.9. The van der Waals surface area contributed by atoms with Crippen molar-refractivity contribution >= 4 is 32.1 Å². The van der Waals surface area contributed by atoms with E-state index >= 15 is 0 Å². The van der Waals surface area contributed by atoms with Crippen molar-refractivity contribution in [1.29, 1.82) is 0 Å². The summed E-state index contributed by atoms with van der Waals surface area (Å²) in [6.07, 6.45) is 4.44. The molecule has 2 saturated heterocycles. The van der Waals surface area contributed by atoms with Crippen LogP contribution in [0.2, 0.25) is 0 Å². The zero-order valence-electron chi connectivity index (χ0n) is 16.1. The first kappa shape index (κ1) is 20.4. The highest BCUT2D eigenvalue weighted by Crippen LogP contribution is 2.28. The Bertz CT molecular complexity index is 720. The number of hydrogen-bond acceptors (Lipinski definition) is 6. The summed E-state index contributed by atoms with van der Waals surface area (Å²) < 4.78 is 29.4. The smallest absolute Gasteiger partial charge is 0.191 e. The lowest BCUT2D eigenvalue weighted by molar-refractivity contribution is 0.0756. The number of aliphatic imine (C=N–C) groups is 1. The van der Waals surface area contributed by atoms with Gasteiger partial charge in [-0.3, -0.25) is 4.99 Å². The van der Waals surface area contributed by atoms with E-state index in [1.165, 1.54) is 11.3 Å². The molecule has 1 aromatic rings. The first-order chi connectivity index (χ1) is 12.9. The minimum atomic E-state index is -3.19. The van der Waals surface area contributed by atoms with Crippen molar-refractivity contribution in [1.82, 2.24) is 10.6 Å². The third-order valence-electron chi connectivity index (χ3n) is 5.65. The fraction of sp³-hybridized carbons (Fsp3) is 0.722. The fourth-order valence-electron chi connectivity index (χ4n) is 3.75. The zero-order valence-corrected chi connectivity index (χ0v) is 17.7. The maximum absolute atomic E-state index is 12.4. The van der Waals surface area contributed by atoms with Gasteiger partial charge in [-0.25, -0.2) is 8.42 Å². The number of nitrogens with zero attached hydrogens (tertiary/aromatic N) is 2. The molecule has 9 heteroatoms. The topological polar surface area (TPSA) is 83.0 Å². The van der Waals surface area contributed by atoms with Gasteiger partial charge in [0.25, 0.3) is 0 Å². The van der Waals surface area contributed by atoms with E-state index in [0.29, 0.717) is 44.6 Å². The molecule has 0 saturated carbocycles. The molecule has 1 aromatic heterocycles. The van der Waals surface area contributed by atoms with Crippen LogP contribution in [0.1, 0.15) is 25.7 Å². The summed E-state index contributed by atoms with van der Waals surface area (Å²) >= 11 is 1.78. The first-order valence-corrected chi connectivity index (χ1v) is 12.2. The Kier molecular flexibility index (Phi) is 6.65. The Morgan fingerprint density at radius 2 is 2.07 bits per heavy atom. The molecule has 2 aliphatic heterocycles. The number of guanidine groups is 1. The predicted octanol–water partition coefficient (Wildman–Crippen LogP) is 1.48. The molecule has 27 heavy (non-hydrogen) atoms. The molecule has 0 aromatic carbocycles. The second kappa shape index (κ2) is 8.79. The minimum absolute atomic E-state index is 0.344. The molecule has 0 radical (unpaired) electrons. The van der Waals surface area contributed by atoms with Crippen molar-refractivity contribution in [2.24, 2.45) is 4.99 Å². The summed E-state index contributed by atoms with van der Waals surface area (Å²) in [5.41, 5.74) is 0. The van der Waals surface area contributed by atoms with E-state index in [4.69, 9.17) is 4.74 Å². The maximum Gasteiger partial charge on any atom is 0.191 e. The van der Waals surface area contributed by atoms with Crippen LogP contribution in [0.15, 0.2) is 22.5 Å². The van der Waals surface area contributed by atoms with Gasteiger partial charge in [0.05, 0.1) is 9.75 Å². The molecule has 0 amide bonds. The van der Waals surface area contributed by atoms with E-state index in [1.807, 2.05) is 0 Å². The molecule has 152 valence electrons. The van der Waals surface area contributed by atoms with Gasteiger partial charge >= 0.3 is 0 Å². The molecule has 3 heterocycles.